The molecule has 292 valence electrons. The van der Waals surface area contributed by atoms with Crippen LogP contribution in [-0.2, 0) is 25.8 Å². The fourth-order valence-corrected chi connectivity index (χ4v) is 9.52. The van der Waals surface area contributed by atoms with E-state index >= 15 is 0 Å². The maximum atomic E-state index is 9.01. The third-order valence-corrected chi connectivity index (χ3v) is 12.0. The fourth-order valence-electron chi connectivity index (χ4n) is 9.52. The Bertz CT molecular complexity index is 3700. The topological polar surface area (TPSA) is 35.9 Å². The average molecular weight is 875 g/mol. The van der Waals surface area contributed by atoms with E-state index in [1.165, 1.54) is 30.4 Å². The minimum Gasteiger partial charge on any atom is -0.510 e. The number of aromatic nitrogens is 4. The number of para-hydroxylation sites is 4. The summed E-state index contributed by atoms with van der Waals surface area (Å²) in [6.45, 7) is 0. The van der Waals surface area contributed by atoms with Gasteiger partial charge in [0.1, 0.15) is 5.82 Å². The Morgan fingerprint density at radius 2 is 1.35 bits per heavy atom. The van der Waals surface area contributed by atoms with Crippen molar-refractivity contribution >= 4 is 32.8 Å². The van der Waals surface area contributed by atoms with Gasteiger partial charge < -0.3 is 13.9 Å². The summed E-state index contributed by atoms with van der Waals surface area (Å²) < 4.78 is 99.1. The molecular formula is C54H38N4OPd-2. The second-order valence-corrected chi connectivity index (χ2v) is 15.1. The second-order valence-electron chi connectivity index (χ2n) is 15.1. The Kier molecular flexibility index (Phi) is 6.63. The standard InChI is InChI=1S/C54H38N4O.Pd/c1-4-16-37(17-5-1)42-22-13-23-43(38-18-6-2-7-19-38)51(42)57-36-56(48-27-8-9-28-49(48)57)39-20-12-21-40(34-39)59-41-29-30-44-45-24-14-25-46-52(45)58(50(44)35-41)53-47(26-15-33-55-53)54(46)31-10-3-11-32-54;/h1-2,4-9,12-30,33H,3,10-11,31-32H2;/q-2;/i1D,2D,4D,5D,6D,7D,16D,17D,18D,19D;. The van der Waals surface area contributed by atoms with Gasteiger partial charge in [-0.05, 0) is 57.8 Å². The van der Waals surface area contributed by atoms with Crippen molar-refractivity contribution in [3.05, 3.63) is 199 Å². The molecule has 0 saturated heterocycles. The summed E-state index contributed by atoms with van der Waals surface area (Å²) in [5.74, 6) is 1.78. The molecule has 1 aliphatic heterocycles. The van der Waals surface area contributed by atoms with E-state index in [0.29, 0.717) is 28.2 Å². The molecule has 4 heterocycles. The van der Waals surface area contributed by atoms with Gasteiger partial charge in [0.15, 0.2) is 0 Å². The minimum atomic E-state index is -0.566. The van der Waals surface area contributed by atoms with Crippen LogP contribution in [0.15, 0.2) is 170 Å². The molecule has 12 rings (SSSR count). The SMILES string of the molecule is [2H]c1c([2H])c([2H])c(-c2cccc(-c3c([2H])c([2H])c([2H])c([2H])c3[2H])c2-[n+]2[c-]n(-c3[c-]c(Oc4[c-]c5c(cc4)c4cccc6c4n5-c4ncccc4C64CCCCC4)ccc3)c3ccccc32)c([2H])c1[2H].[Pd]. The molecule has 0 radical (unpaired) electrons. The third-order valence-electron chi connectivity index (χ3n) is 12.0. The van der Waals surface area contributed by atoms with E-state index in [2.05, 4.69) is 53.4 Å². The molecule has 2 aliphatic rings. The molecular weight excluding hydrogens is 827 g/mol. The first-order valence-electron chi connectivity index (χ1n) is 24.8. The fraction of sp³-hybridized carbons (Fsp3) is 0.111. The number of imidazole rings is 1. The van der Waals surface area contributed by atoms with Gasteiger partial charge >= 0.3 is 0 Å². The van der Waals surface area contributed by atoms with E-state index in [0.717, 1.165) is 40.5 Å². The number of hydrogen-bond donors (Lipinski definition) is 0. The molecule has 6 heteroatoms. The van der Waals surface area contributed by atoms with Crippen molar-refractivity contribution < 1.29 is 43.4 Å². The quantitative estimate of drug-likeness (QED) is 0.0948. The van der Waals surface area contributed by atoms with Gasteiger partial charge in [-0.15, -0.1) is 29.7 Å². The monoisotopic (exact) mass is 874 g/mol. The normalized spacial score (nSPS) is 16.3. The molecule has 3 aromatic heterocycles. The van der Waals surface area contributed by atoms with E-state index in [4.69, 9.17) is 23.4 Å². The van der Waals surface area contributed by atoms with Crippen molar-refractivity contribution in [2.45, 2.75) is 37.5 Å². The smallest absolute Gasteiger partial charge is 0.268 e. The molecule has 0 bridgehead atoms. The zero-order valence-electron chi connectivity index (χ0n) is 41.9. The summed E-state index contributed by atoms with van der Waals surface area (Å²) in [7, 11) is 0. The summed E-state index contributed by atoms with van der Waals surface area (Å²) in [5, 5.41) is 2.19. The number of pyridine rings is 1. The first-order valence-corrected chi connectivity index (χ1v) is 19.8. The van der Waals surface area contributed by atoms with Crippen molar-refractivity contribution in [1.82, 2.24) is 14.1 Å². The van der Waals surface area contributed by atoms with Gasteiger partial charge in [0.25, 0.3) is 6.33 Å². The van der Waals surface area contributed by atoms with Gasteiger partial charge in [0.05, 0.1) is 30.4 Å². The van der Waals surface area contributed by atoms with Gasteiger partial charge in [0.2, 0.25) is 0 Å². The van der Waals surface area contributed by atoms with E-state index in [1.54, 1.807) is 33.4 Å². The number of hydrogen-bond acceptors (Lipinski definition) is 2. The van der Waals surface area contributed by atoms with Crippen molar-refractivity contribution in [2.75, 3.05) is 0 Å². The Hall–Kier alpha value is -6.58. The summed E-state index contributed by atoms with van der Waals surface area (Å²) in [4.78, 5) is 5.01. The number of fused-ring (bicyclic) bond motifs is 8. The molecule has 1 spiro atoms. The van der Waals surface area contributed by atoms with E-state index in [9.17, 15) is 0 Å². The third kappa shape index (κ3) is 5.63. The van der Waals surface area contributed by atoms with Crippen molar-refractivity contribution in [1.29, 1.82) is 0 Å². The molecule has 10 aromatic rings. The van der Waals surface area contributed by atoms with Gasteiger partial charge in [-0.25, -0.2) is 4.98 Å². The number of benzene rings is 7. The Morgan fingerprint density at radius 1 is 0.650 bits per heavy atom. The van der Waals surface area contributed by atoms with E-state index in [-0.39, 0.29) is 53.8 Å². The van der Waals surface area contributed by atoms with Crippen LogP contribution in [0.1, 0.15) is 56.9 Å². The summed E-state index contributed by atoms with van der Waals surface area (Å²) in [6, 6.07) is 34.3. The van der Waals surface area contributed by atoms with Gasteiger partial charge in [0, 0.05) is 54.6 Å². The van der Waals surface area contributed by atoms with E-state index in [1.807, 2.05) is 54.7 Å². The predicted molar refractivity (Wildman–Crippen MR) is 235 cm³/mol. The zero-order chi connectivity index (χ0) is 47.6. The molecule has 0 unspecified atom stereocenters. The molecule has 5 nitrogen and oxygen atoms in total. The van der Waals surface area contributed by atoms with Crippen LogP contribution in [0.3, 0.4) is 0 Å². The van der Waals surface area contributed by atoms with Crippen LogP contribution in [0.5, 0.6) is 11.5 Å². The van der Waals surface area contributed by atoms with Gasteiger partial charge in [-0.2, -0.15) is 18.2 Å². The Labute approximate surface area is 376 Å². The number of ether oxygens (including phenoxy) is 1. The van der Waals surface area contributed by atoms with Crippen LogP contribution in [0.25, 0.3) is 72.3 Å². The zero-order valence-corrected chi connectivity index (χ0v) is 33.5. The van der Waals surface area contributed by atoms with E-state index < -0.39 is 60.4 Å². The van der Waals surface area contributed by atoms with Gasteiger partial charge in [-0.3, -0.25) is 4.57 Å². The van der Waals surface area contributed by atoms with Crippen LogP contribution >= 0.6 is 0 Å². The summed E-state index contributed by atoms with van der Waals surface area (Å²) >= 11 is 0. The first-order chi connectivity index (χ1) is 33.4. The van der Waals surface area contributed by atoms with Gasteiger partial charge in [-0.1, -0.05) is 152 Å². The summed E-state index contributed by atoms with van der Waals surface area (Å²) in [5.41, 5.74) is 6.40. The minimum absolute atomic E-state index is 0. The molecule has 60 heavy (non-hydrogen) atoms. The molecule has 7 aromatic carbocycles. The summed E-state index contributed by atoms with van der Waals surface area (Å²) in [6.07, 6.45) is 11.0. The Morgan fingerprint density at radius 3 is 2.13 bits per heavy atom. The van der Waals surface area contributed by atoms with Crippen LogP contribution in [0.2, 0.25) is 0 Å². The van der Waals surface area contributed by atoms with Crippen LogP contribution < -0.4 is 9.30 Å². The molecule has 0 N–H and O–H groups in total. The maximum Gasteiger partial charge on any atom is 0.268 e. The largest absolute Gasteiger partial charge is 0.510 e. The molecule has 1 saturated carbocycles. The average Bonchev–Trinajstić information content (AvgIpc) is 3.92. The number of rotatable bonds is 6. The molecule has 1 aliphatic carbocycles. The van der Waals surface area contributed by atoms with Crippen molar-refractivity contribution in [3.8, 4) is 50.9 Å². The molecule has 0 amide bonds. The Balaban J connectivity index is 0.00000533. The molecule has 0 atom stereocenters. The predicted octanol–water partition coefficient (Wildman–Crippen LogP) is 12.5. The van der Waals surface area contributed by atoms with Crippen molar-refractivity contribution in [2.24, 2.45) is 0 Å². The number of nitrogens with zero attached hydrogens (tertiary/aromatic N) is 4. The maximum absolute atomic E-state index is 9.01. The second kappa shape index (κ2) is 14.6. The van der Waals surface area contributed by atoms with Crippen molar-refractivity contribution in [3.63, 3.8) is 0 Å². The molecule has 1 fully saturated rings. The van der Waals surface area contributed by atoms with Crippen LogP contribution in [-0.4, -0.2) is 14.1 Å². The van der Waals surface area contributed by atoms with Crippen LogP contribution in [0.4, 0.5) is 0 Å². The first kappa shape index (κ1) is 27.2. The van der Waals surface area contributed by atoms with Crippen LogP contribution in [0, 0.1) is 18.5 Å².